The molecule has 4 nitrogen and oxygen atoms in total. The van der Waals surface area contributed by atoms with Gasteiger partial charge in [-0.1, -0.05) is 40.0 Å². The molecule has 0 spiro atoms. The maximum absolute atomic E-state index is 12.9. The first-order valence-corrected chi connectivity index (χ1v) is 9.20. The van der Waals surface area contributed by atoms with Crippen molar-refractivity contribution >= 4 is 10.0 Å². The minimum Gasteiger partial charge on any atom is -0.329 e. The zero-order valence-corrected chi connectivity index (χ0v) is 13.5. The van der Waals surface area contributed by atoms with Crippen LogP contribution < -0.4 is 5.73 Å². The molecule has 0 aromatic carbocycles. The molecule has 0 saturated heterocycles. The van der Waals surface area contributed by atoms with E-state index in [2.05, 4.69) is 0 Å². The van der Waals surface area contributed by atoms with Gasteiger partial charge in [0.25, 0.3) is 0 Å². The molecule has 0 amide bonds. The highest BCUT2D eigenvalue weighted by Crippen LogP contribution is 2.32. The first-order chi connectivity index (χ1) is 8.98. The van der Waals surface area contributed by atoms with Gasteiger partial charge in [0.05, 0.1) is 5.25 Å². The normalized spacial score (nSPS) is 19.0. The van der Waals surface area contributed by atoms with Crippen molar-refractivity contribution < 1.29 is 8.42 Å². The second-order valence-corrected chi connectivity index (χ2v) is 7.74. The summed E-state index contributed by atoms with van der Waals surface area (Å²) in [5.41, 5.74) is 5.53. The lowest BCUT2D eigenvalue weighted by Crippen LogP contribution is -2.57. The maximum atomic E-state index is 12.9. The smallest absolute Gasteiger partial charge is 0.217 e. The quantitative estimate of drug-likeness (QED) is 0.783. The number of hydrogen-bond acceptors (Lipinski definition) is 3. The van der Waals surface area contributed by atoms with Crippen LogP contribution in [0.25, 0.3) is 0 Å². The Bertz CT molecular complexity index is 349. The summed E-state index contributed by atoms with van der Waals surface area (Å²) >= 11 is 0. The summed E-state index contributed by atoms with van der Waals surface area (Å²) in [6.07, 6.45) is 6.42. The van der Waals surface area contributed by atoms with E-state index in [0.29, 0.717) is 13.1 Å². The van der Waals surface area contributed by atoms with Gasteiger partial charge in [-0.2, -0.15) is 4.31 Å². The lowest BCUT2D eigenvalue weighted by Gasteiger charge is -2.43. The third-order valence-corrected chi connectivity index (χ3v) is 7.37. The minimum absolute atomic E-state index is 0.190. The van der Waals surface area contributed by atoms with Gasteiger partial charge < -0.3 is 5.73 Å². The van der Waals surface area contributed by atoms with Crippen molar-refractivity contribution in [3.63, 3.8) is 0 Å². The Hall–Kier alpha value is -0.130. The fraction of sp³-hybridized carbons (Fsp3) is 1.00. The second-order valence-electron chi connectivity index (χ2n) is 5.61. The number of likely N-dealkylation sites (N-methyl/N-ethyl adjacent to an activating group) is 1. The lowest BCUT2D eigenvalue weighted by molar-refractivity contribution is 0.181. The van der Waals surface area contributed by atoms with E-state index in [1.54, 1.807) is 4.31 Å². The average molecular weight is 290 g/mol. The molecule has 0 aliphatic heterocycles. The van der Waals surface area contributed by atoms with Crippen molar-refractivity contribution in [1.29, 1.82) is 0 Å². The Kier molecular flexibility index (Phi) is 6.27. The SMILES string of the molecule is CCN(C(CC)(CC)CN)S(=O)(=O)C1CCCCC1. The largest absolute Gasteiger partial charge is 0.329 e. The monoisotopic (exact) mass is 290 g/mol. The van der Waals surface area contributed by atoms with Crippen LogP contribution in [-0.2, 0) is 10.0 Å². The Morgan fingerprint density at radius 3 is 2.00 bits per heavy atom. The van der Waals surface area contributed by atoms with Crippen molar-refractivity contribution in [2.75, 3.05) is 13.1 Å². The van der Waals surface area contributed by atoms with Gasteiger partial charge in [0.2, 0.25) is 10.0 Å². The topological polar surface area (TPSA) is 63.4 Å². The molecule has 5 heteroatoms. The number of rotatable bonds is 7. The molecule has 114 valence electrons. The third-order valence-electron chi connectivity index (χ3n) is 4.79. The van der Waals surface area contributed by atoms with Crippen LogP contribution in [0.4, 0.5) is 0 Å². The molecule has 2 N–H and O–H groups in total. The first kappa shape index (κ1) is 16.9. The molecule has 1 saturated carbocycles. The van der Waals surface area contributed by atoms with Gasteiger partial charge in [-0.05, 0) is 25.7 Å². The van der Waals surface area contributed by atoms with Crippen molar-refractivity contribution in [1.82, 2.24) is 4.31 Å². The van der Waals surface area contributed by atoms with E-state index in [1.807, 2.05) is 20.8 Å². The van der Waals surface area contributed by atoms with E-state index in [1.165, 1.54) is 6.42 Å². The highest BCUT2D eigenvalue weighted by atomic mass is 32.2. The Morgan fingerprint density at radius 1 is 1.11 bits per heavy atom. The summed E-state index contributed by atoms with van der Waals surface area (Å²) in [6, 6.07) is 0. The van der Waals surface area contributed by atoms with Gasteiger partial charge in [-0.3, -0.25) is 0 Å². The van der Waals surface area contributed by atoms with Crippen LogP contribution in [0.2, 0.25) is 0 Å². The number of hydrogen-bond donors (Lipinski definition) is 1. The van der Waals surface area contributed by atoms with E-state index in [9.17, 15) is 8.42 Å². The molecule has 0 radical (unpaired) electrons. The molecule has 0 aromatic heterocycles. The highest BCUT2D eigenvalue weighted by Gasteiger charge is 2.42. The van der Waals surface area contributed by atoms with Crippen LogP contribution in [0.5, 0.6) is 0 Å². The zero-order valence-electron chi connectivity index (χ0n) is 12.7. The summed E-state index contributed by atoms with van der Waals surface area (Å²) in [6.45, 7) is 6.93. The fourth-order valence-corrected chi connectivity index (χ4v) is 5.84. The molecule has 0 aromatic rings. The van der Waals surface area contributed by atoms with E-state index in [4.69, 9.17) is 5.73 Å². The predicted octanol–water partition coefficient (Wildman–Crippen LogP) is 2.49. The van der Waals surface area contributed by atoms with Gasteiger partial charge in [-0.25, -0.2) is 8.42 Å². The zero-order chi connectivity index (χ0) is 14.5. The summed E-state index contributed by atoms with van der Waals surface area (Å²) < 4.78 is 27.5. The average Bonchev–Trinajstić information content (AvgIpc) is 2.45. The molecular formula is C14H30N2O2S. The number of nitrogens with zero attached hydrogens (tertiary/aromatic N) is 1. The molecule has 19 heavy (non-hydrogen) atoms. The van der Waals surface area contributed by atoms with Crippen LogP contribution in [0, 0.1) is 0 Å². The Morgan fingerprint density at radius 2 is 1.63 bits per heavy atom. The predicted molar refractivity (Wildman–Crippen MR) is 80.5 cm³/mol. The second kappa shape index (κ2) is 7.04. The number of sulfonamides is 1. The molecule has 1 aliphatic carbocycles. The summed E-state index contributed by atoms with van der Waals surface area (Å²) in [4.78, 5) is 0. The van der Waals surface area contributed by atoms with E-state index in [-0.39, 0.29) is 5.25 Å². The highest BCUT2D eigenvalue weighted by molar-refractivity contribution is 7.89. The molecule has 0 unspecified atom stereocenters. The van der Waals surface area contributed by atoms with Crippen LogP contribution in [0.3, 0.4) is 0 Å². The molecule has 0 bridgehead atoms. The molecular weight excluding hydrogens is 260 g/mol. The summed E-state index contributed by atoms with van der Waals surface area (Å²) in [7, 11) is -3.21. The molecule has 1 aliphatic rings. The van der Waals surface area contributed by atoms with Gasteiger partial charge in [0.15, 0.2) is 0 Å². The van der Waals surface area contributed by atoms with E-state index < -0.39 is 15.6 Å². The maximum Gasteiger partial charge on any atom is 0.217 e. The van der Waals surface area contributed by atoms with Crippen LogP contribution in [-0.4, -0.2) is 36.6 Å². The first-order valence-electron chi connectivity index (χ1n) is 7.70. The van der Waals surface area contributed by atoms with Crippen molar-refractivity contribution in [3.8, 4) is 0 Å². The summed E-state index contributed by atoms with van der Waals surface area (Å²) in [5.74, 6) is 0. The van der Waals surface area contributed by atoms with Gasteiger partial charge in [0.1, 0.15) is 0 Å². The number of nitrogens with two attached hydrogens (primary N) is 1. The van der Waals surface area contributed by atoms with Crippen molar-refractivity contribution in [3.05, 3.63) is 0 Å². The van der Waals surface area contributed by atoms with E-state index >= 15 is 0 Å². The van der Waals surface area contributed by atoms with Crippen molar-refractivity contribution in [2.45, 2.75) is 76.5 Å². The van der Waals surface area contributed by atoms with Crippen LogP contribution >= 0.6 is 0 Å². The lowest BCUT2D eigenvalue weighted by atomic mass is 9.93. The molecule has 1 rings (SSSR count). The summed E-state index contributed by atoms with van der Waals surface area (Å²) in [5, 5.41) is -0.190. The molecule has 0 heterocycles. The van der Waals surface area contributed by atoms with Crippen molar-refractivity contribution in [2.24, 2.45) is 5.73 Å². The van der Waals surface area contributed by atoms with Gasteiger partial charge >= 0.3 is 0 Å². The van der Waals surface area contributed by atoms with Gasteiger partial charge in [0, 0.05) is 18.6 Å². The van der Waals surface area contributed by atoms with Crippen LogP contribution in [0.15, 0.2) is 0 Å². The standard InChI is InChI=1S/C14H30N2O2S/c1-4-14(5-2,12-15)16(6-3)19(17,18)13-10-8-7-9-11-13/h13H,4-12,15H2,1-3H3. The minimum atomic E-state index is -3.21. The fourth-order valence-electron chi connectivity index (χ4n) is 3.32. The third kappa shape index (κ3) is 3.31. The molecule has 0 atom stereocenters. The van der Waals surface area contributed by atoms with Crippen LogP contribution in [0.1, 0.15) is 65.7 Å². The molecule has 1 fully saturated rings. The Labute approximate surface area is 118 Å². The Balaban J connectivity index is 3.05. The van der Waals surface area contributed by atoms with E-state index in [0.717, 1.165) is 38.5 Å². The van der Waals surface area contributed by atoms with Gasteiger partial charge in [-0.15, -0.1) is 0 Å².